The quantitative estimate of drug-likeness (QED) is 0.872. The Hall–Kier alpha value is -1.07. The number of aliphatic carboxylic acids is 1. The Morgan fingerprint density at radius 1 is 1.39 bits per heavy atom. The van der Waals surface area contributed by atoms with Crippen LogP contribution in [0.2, 0.25) is 4.34 Å². The Kier molecular flexibility index (Phi) is 4.24. The maximum Gasteiger partial charge on any atom is 0.307 e. The summed E-state index contributed by atoms with van der Waals surface area (Å²) in [4.78, 5) is 23.7. The lowest BCUT2D eigenvalue weighted by molar-refractivity contribution is -0.152. The Labute approximate surface area is 114 Å². The minimum Gasteiger partial charge on any atom is -0.481 e. The molecule has 6 heteroatoms. The average molecular weight is 288 g/mol. The van der Waals surface area contributed by atoms with Crippen LogP contribution >= 0.6 is 22.9 Å². The monoisotopic (exact) mass is 287 g/mol. The van der Waals surface area contributed by atoms with E-state index >= 15 is 0 Å². The second-order valence-electron chi connectivity index (χ2n) is 4.38. The van der Waals surface area contributed by atoms with E-state index in [0.717, 1.165) is 15.6 Å². The molecule has 1 aliphatic carbocycles. The average Bonchev–Trinajstić information content (AvgIpc) is 2.61. The van der Waals surface area contributed by atoms with E-state index in [9.17, 15) is 9.59 Å². The smallest absolute Gasteiger partial charge is 0.307 e. The molecule has 0 saturated heterocycles. The molecule has 1 fully saturated rings. The normalized spacial score (nSPS) is 22.3. The fraction of sp³-hybridized carbons (Fsp3) is 0.500. The summed E-state index contributed by atoms with van der Waals surface area (Å²) < 4.78 is 0.737. The standard InChI is InChI=1S/C12H14ClNO3S/c13-10-4-1-7(18-10)5-6-14-11(15)8-2-3-9(8)12(16)17/h1,4,8-9H,2-3,5-6H2,(H,14,15)(H,16,17). The predicted octanol–water partition coefficient (Wildman–Crippen LogP) is 2.17. The summed E-state index contributed by atoms with van der Waals surface area (Å²) >= 11 is 7.30. The van der Waals surface area contributed by atoms with E-state index < -0.39 is 11.9 Å². The number of carbonyl (C=O) groups is 2. The van der Waals surface area contributed by atoms with Crippen LogP contribution in [0, 0.1) is 11.8 Å². The van der Waals surface area contributed by atoms with E-state index in [0.29, 0.717) is 19.4 Å². The van der Waals surface area contributed by atoms with Gasteiger partial charge in [0.05, 0.1) is 16.2 Å². The first-order valence-electron chi connectivity index (χ1n) is 5.82. The van der Waals surface area contributed by atoms with Crippen LogP contribution in [0.25, 0.3) is 0 Å². The molecule has 98 valence electrons. The van der Waals surface area contributed by atoms with E-state index in [1.54, 1.807) is 0 Å². The summed E-state index contributed by atoms with van der Waals surface area (Å²) in [6.07, 6.45) is 2.01. The second kappa shape index (κ2) is 5.71. The molecule has 1 amide bonds. The van der Waals surface area contributed by atoms with Crippen LogP contribution in [-0.4, -0.2) is 23.5 Å². The molecule has 1 aromatic heterocycles. The first-order chi connectivity index (χ1) is 8.58. The summed E-state index contributed by atoms with van der Waals surface area (Å²) in [7, 11) is 0. The largest absolute Gasteiger partial charge is 0.481 e. The molecule has 2 N–H and O–H groups in total. The number of amides is 1. The van der Waals surface area contributed by atoms with Crippen LogP contribution in [-0.2, 0) is 16.0 Å². The third kappa shape index (κ3) is 3.03. The predicted molar refractivity (Wildman–Crippen MR) is 69.9 cm³/mol. The van der Waals surface area contributed by atoms with Crippen molar-refractivity contribution in [2.24, 2.45) is 11.8 Å². The van der Waals surface area contributed by atoms with Gasteiger partial charge in [-0.05, 0) is 31.4 Å². The molecule has 0 bridgehead atoms. The summed E-state index contributed by atoms with van der Waals surface area (Å²) in [6, 6.07) is 3.76. The number of carboxylic acid groups (broad SMARTS) is 1. The molecule has 2 rings (SSSR count). The van der Waals surface area contributed by atoms with Crippen LogP contribution in [0.15, 0.2) is 12.1 Å². The van der Waals surface area contributed by atoms with Gasteiger partial charge in [0.1, 0.15) is 0 Å². The van der Waals surface area contributed by atoms with Crippen molar-refractivity contribution in [3.05, 3.63) is 21.3 Å². The lowest BCUT2D eigenvalue weighted by atomic mass is 9.73. The van der Waals surface area contributed by atoms with Gasteiger partial charge in [0, 0.05) is 11.4 Å². The molecule has 1 aromatic rings. The van der Waals surface area contributed by atoms with Crippen molar-refractivity contribution in [3.8, 4) is 0 Å². The third-order valence-corrected chi connectivity index (χ3v) is 4.52. The lowest BCUT2D eigenvalue weighted by Crippen LogP contribution is -2.44. The van der Waals surface area contributed by atoms with Crippen LogP contribution in [0.4, 0.5) is 0 Å². The molecular formula is C12H14ClNO3S. The van der Waals surface area contributed by atoms with E-state index in [1.807, 2.05) is 12.1 Å². The van der Waals surface area contributed by atoms with Gasteiger partial charge >= 0.3 is 5.97 Å². The number of hydrogen-bond acceptors (Lipinski definition) is 3. The summed E-state index contributed by atoms with van der Waals surface area (Å²) in [5, 5.41) is 11.7. The molecule has 2 unspecified atom stereocenters. The molecular weight excluding hydrogens is 274 g/mol. The molecule has 0 spiro atoms. The van der Waals surface area contributed by atoms with E-state index in [2.05, 4.69) is 5.32 Å². The van der Waals surface area contributed by atoms with Crippen molar-refractivity contribution in [1.29, 1.82) is 0 Å². The highest BCUT2D eigenvalue weighted by molar-refractivity contribution is 7.16. The van der Waals surface area contributed by atoms with Crippen LogP contribution < -0.4 is 5.32 Å². The first-order valence-corrected chi connectivity index (χ1v) is 7.02. The molecule has 0 radical (unpaired) electrons. The fourth-order valence-electron chi connectivity index (χ4n) is 2.04. The molecule has 1 heterocycles. The molecule has 0 aliphatic heterocycles. The van der Waals surface area contributed by atoms with Gasteiger partial charge in [-0.15, -0.1) is 11.3 Å². The summed E-state index contributed by atoms with van der Waals surface area (Å²) in [5.41, 5.74) is 0. The lowest BCUT2D eigenvalue weighted by Gasteiger charge is -2.31. The van der Waals surface area contributed by atoms with Crippen molar-refractivity contribution >= 4 is 34.8 Å². The number of rotatable bonds is 5. The highest BCUT2D eigenvalue weighted by atomic mass is 35.5. The van der Waals surface area contributed by atoms with Gasteiger partial charge in [-0.1, -0.05) is 11.6 Å². The zero-order valence-electron chi connectivity index (χ0n) is 9.69. The Morgan fingerprint density at radius 3 is 2.61 bits per heavy atom. The maximum absolute atomic E-state index is 11.7. The second-order valence-corrected chi connectivity index (χ2v) is 6.18. The van der Waals surface area contributed by atoms with E-state index in [1.165, 1.54) is 11.3 Å². The van der Waals surface area contributed by atoms with Gasteiger partial charge in [0.2, 0.25) is 5.91 Å². The number of nitrogens with one attached hydrogen (secondary N) is 1. The SMILES string of the molecule is O=C(O)C1CCC1C(=O)NCCc1ccc(Cl)s1. The first kappa shape index (κ1) is 13.4. The van der Waals surface area contributed by atoms with Gasteiger partial charge < -0.3 is 10.4 Å². The molecule has 1 saturated carbocycles. The van der Waals surface area contributed by atoms with Crippen LogP contribution in [0.5, 0.6) is 0 Å². The number of carboxylic acids is 1. The molecule has 1 aliphatic rings. The number of carbonyl (C=O) groups excluding carboxylic acids is 1. The Morgan fingerprint density at radius 2 is 2.11 bits per heavy atom. The fourth-order valence-corrected chi connectivity index (χ4v) is 3.12. The zero-order chi connectivity index (χ0) is 13.1. The zero-order valence-corrected chi connectivity index (χ0v) is 11.3. The number of thiophene rings is 1. The van der Waals surface area contributed by atoms with Crippen molar-refractivity contribution in [1.82, 2.24) is 5.32 Å². The van der Waals surface area contributed by atoms with Gasteiger partial charge in [-0.2, -0.15) is 0 Å². The number of halogens is 1. The highest BCUT2D eigenvalue weighted by Crippen LogP contribution is 2.34. The van der Waals surface area contributed by atoms with Gasteiger partial charge in [0.25, 0.3) is 0 Å². The van der Waals surface area contributed by atoms with Gasteiger partial charge in [-0.25, -0.2) is 0 Å². The van der Waals surface area contributed by atoms with Crippen molar-refractivity contribution < 1.29 is 14.7 Å². The van der Waals surface area contributed by atoms with E-state index in [-0.39, 0.29) is 11.8 Å². The van der Waals surface area contributed by atoms with Crippen molar-refractivity contribution in [2.75, 3.05) is 6.54 Å². The molecule has 4 nitrogen and oxygen atoms in total. The van der Waals surface area contributed by atoms with Crippen molar-refractivity contribution in [3.63, 3.8) is 0 Å². The summed E-state index contributed by atoms with van der Waals surface area (Å²) in [6.45, 7) is 0.526. The number of hydrogen-bond donors (Lipinski definition) is 2. The Balaban J connectivity index is 1.74. The summed E-state index contributed by atoms with van der Waals surface area (Å²) in [5.74, 6) is -1.86. The maximum atomic E-state index is 11.7. The van der Waals surface area contributed by atoms with E-state index in [4.69, 9.17) is 16.7 Å². The highest BCUT2D eigenvalue weighted by Gasteiger charge is 2.41. The molecule has 2 atom stereocenters. The van der Waals surface area contributed by atoms with Gasteiger partial charge in [-0.3, -0.25) is 9.59 Å². The molecule has 18 heavy (non-hydrogen) atoms. The van der Waals surface area contributed by atoms with Crippen molar-refractivity contribution in [2.45, 2.75) is 19.3 Å². The Bertz CT molecular complexity index is 460. The van der Waals surface area contributed by atoms with Crippen LogP contribution in [0.3, 0.4) is 0 Å². The minimum absolute atomic E-state index is 0.142. The minimum atomic E-state index is -0.869. The topological polar surface area (TPSA) is 66.4 Å². The van der Waals surface area contributed by atoms with Crippen LogP contribution in [0.1, 0.15) is 17.7 Å². The van der Waals surface area contributed by atoms with Gasteiger partial charge in [0.15, 0.2) is 0 Å². The third-order valence-electron chi connectivity index (χ3n) is 3.23. The molecule has 0 aromatic carbocycles.